The number of rotatable bonds is 5. The van der Waals surface area contributed by atoms with Gasteiger partial charge in [-0.3, -0.25) is 9.99 Å². The fourth-order valence-corrected chi connectivity index (χ4v) is 2.45. The van der Waals surface area contributed by atoms with Gasteiger partial charge in [-0.2, -0.15) is 5.01 Å². The maximum atomic E-state index is 4.35. The lowest BCUT2D eigenvalue weighted by Gasteiger charge is -2.23. The molecule has 3 nitrogen and oxygen atoms in total. The second-order valence-corrected chi connectivity index (χ2v) is 5.20. The minimum atomic E-state index is 0.873. The Hall–Kier alpha value is -1.23. The summed E-state index contributed by atoms with van der Waals surface area (Å²) < 4.78 is 0. The van der Waals surface area contributed by atoms with Crippen LogP contribution in [-0.4, -0.2) is 24.1 Å². The summed E-state index contributed by atoms with van der Waals surface area (Å²) in [5.74, 6) is 0. The molecule has 17 heavy (non-hydrogen) atoms. The van der Waals surface area contributed by atoms with E-state index in [9.17, 15) is 0 Å². The number of nitrogens with one attached hydrogen (secondary N) is 1. The molecule has 2 aromatic heterocycles. The fraction of sp³-hybridized carbons (Fsp3) is 0.308. The first-order valence-corrected chi connectivity index (χ1v) is 6.59. The van der Waals surface area contributed by atoms with Gasteiger partial charge in [0, 0.05) is 13.2 Å². The number of hydrogen-bond donors (Lipinski definition) is 1. The lowest BCUT2D eigenvalue weighted by Crippen LogP contribution is -3.13. The molecule has 0 fully saturated rings. The van der Waals surface area contributed by atoms with Crippen LogP contribution in [0, 0.1) is 0 Å². The van der Waals surface area contributed by atoms with Gasteiger partial charge in [0.2, 0.25) is 0 Å². The standard InChI is InChI=1S/C13H17N3S/c1-15(10-12-6-3-4-8-14-12)16(2)11-13-7-5-9-17-13/h3-9H,10-11H2,1-2H3/p+1. The molecule has 0 aliphatic carbocycles. The van der Waals surface area contributed by atoms with Gasteiger partial charge in [-0.25, -0.2) is 0 Å². The zero-order valence-corrected chi connectivity index (χ0v) is 11.1. The predicted molar refractivity (Wildman–Crippen MR) is 70.6 cm³/mol. The van der Waals surface area contributed by atoms with E-state index in [-0.39, 0.29) is 0 Å². The Bertz CT molecular complexity index is 427. The minimum Gasteiger partial charge on any atom is -0.260 e. The van der Waals surface area contributed by atoms with Crippen molar-refractivity contribution in [1.82, 2.24) is 9.99 Å². The van der Waals surface area contributed by atoms with E-state index in [4.69, 9.17) is 0 Å². The Labute approximate surface area is 106 Å². The molecule has 1 N–H and O–H groups in total. The highest BCUT2D eigenvalue weighted by Gasteiger charge is 2.12. The highest BCUT2D eigenvalue weighted by molar-refractivity contribution is 7.09. The summed E-state index contributed by atoms with van der Waals surface area (Å²) in [5.41, 5.74) is 1.11. The Morgan fingerprint density at radius 1 is 1.29 bits per heavy atom. The zero-order chi connectivity index (χ0) is 12.1. The van der Waals surface area contributed by atoms with Crippen LogP contribution < -0.4 is 5.01 Å². The van der Waals surface area contributed by atoms with Crippen molar-refractivity contribution in [3.8, 4) is 0 Å². The molecule has 0 radical (unpaired) electrons. The highest BCUT2D eigenvalue weighted by atomic mass is 32.1. The molecule has 2 aromatic rings. The van der Waals surface area contributed by atoms with Crippen LogP contribution in [0.5, 0.6) is 0 Å². The van der Waals surface area contributed by atoms with Crippen LogP contribution >= 0.6 is 11.3 Å². The highest BCUT2D eigenvalue weighted by Crippen LogP contribution is 2.06. The normalized spacial score (nSPS) is 12.9. The first-order chi connectivity index (χ1) is 8.25. The van der Waals surface area contributed by atoms with Gasteiger partial charge >= 0.3 is 0 Å². The average molecular weight is 248 g/mol. The molecule has 1 atom stereocenters. The fourth-order valence-electron chi connectivity index (χ4n) is 1.67. The maximum absolute atomic E-state index is 4.35. The van der Waals surface area contributed by atoms with Crippen LogP contribution in [-0.2, 0) is 13.1 Å². The van der Waals surface area contributed by atoms with Gasteiger partial charge in [0.15, 0.2) is 0 Å². The Balaban J connectivity index is 1.89. The molecule has 1 unspecified atom stereocenters. The summed E-state index contributed by atoms with van der Waals surface area (Å²) in [5, 5.41) is 5.77. The van der Waals surface area contributed by atoms with Crippen LogP contribution in [0.15, 0.2) is 41.9 Å². The smallest absolute Gasteiger partial charge is 0.130 e. The van der Waals surface area contributed by atoms with Gasteiger partial charge in [0.05, 0.1) is 24.2 Å². The number of aromatic nitrogens is 1. The first-order valence-electron chi connectivity index (χ1n) is 5.71. The summed E-state index contributed by atoms with van der Waals surface area (Å²) in [6.45, 7) is 1.90. The van der Waals surface area contributed by atoms with Crippen molar-refractivity contribution in [2.45, 2.75) is 13.1 Å². The molecule has 0 saturated heterocycles. The van der Waals surface area contributed by atoms with E-state index < -0.39 is 0 Å². The second kappa shape index (κ2) is 5.91. The molecular formula is C13H18N3S+. The van der Waals surface area contributed by atoms with E-state index in [0.717, 1.165) is 18.8 Å². The molecule has 0 amide bonds. The van der Waals surface area contributed by atoms with Gasteiger partial charge in [-0.1, -0.05) is 12.1 Å². The minimum absolute atomic E-state index is 0.873. The first kappa shape index (κ1) is 12.2. The number of quaternary nitrogens is 1. The quantitative estimate of drug-likeness (QED) is 0.803. The van der Waals surface area contributed by atoms with Crippen molar-refractivity contribution in [2.75, 3.05) is 14.1 Å². The van der Waals surface area contributed by atoms with E-state index in [0.29, 0.717) is 0 Å². The Morgan fingerprint density at radius 2 is 2.18 bits per heavy atom. The summed E-state index contributed by atoms with van der Waals surface area (Å²) in [6, 6.07) is 10.3. The Morgan fingerprint density at radius 3 is 2.82 bits per heavy atom. The molecule has 4 heteroatoms. The van der Waals surface area contributed by atoms with E-state index in [1.807, 2.05) is 29.7 Å². The molecule has 0 aromatic carbocycles. The number of thiophene rings is 1. The summed E-state index contributed by atoms with van der Waals surface area (Å²) in [6.07, 6.45) is 1.85. The molecule has 2 rings (SSSR count). The number of nitrogens with zero attached hydrogens (tertiary/aromatic N) is 2. The summed E-state index contributed by atoms with van der Waals surface area (Å²) in [4.78, 5) is 5.76. The monoisotopic (exact) mass is 248 g/mol. The lowest BCUT2D eigenvalue weighted by molar-refractivity contribution is -1.01. The van der Waals surface area contributed by atoms with Gasteiger partial charge in [-0.15, -0.1) is 11.3 Å². The van der Waals surface area contributed by atoms with E-state index >= 15 is 0 Å². The average Bonchev–Trinajstić information content (AvgIpc) is 2.83. The Kier molecular flexibility index (Phi) is 4.25. The van der Waals surface area contributed by atoms with Crippen LogP contribution in [0.3, 0.4) is 0 Å². The molecule has 0 aliphatic rings. The zero-order valence-electron chi connectivity index (χ0n) is 10.3. The van der Waals surface area contributed by atoms with Gasteiger partial charge < -0.3 is 0 Å². The van der Waals surface area contributed by atoms with Crippen molar-refractivity contribution < 1.29 is 5.01 Å². The SMILES string of the molecule is CN(Cc1ccccn1)[NH+](C)Cc1cccs1. The van der Waals surface area contributed by atoms with Gasteiger partial charge in [-0.05, 0) is 23.6 Å². The van der Waals surface area contributed by atoms with Crippen molar-refractivity contribution >= 4 is 11.3 Å². The lowest BCUT2D eigenvalue weighted by atomic mass is 10.3. The van der Waals surface area contributed by atoms with Crippen molar-refractivity contribution in [3.63, 3.8) is 0 Å². The third-order valence-electron chi connectivity index (χ3n) is 2.79. The molecule has 0 saturated carbocycles. The van der Waals surface area contributed by atoms with Crippen molar-refractivity contribution in [1.29, 1.82) is 0 Å². The summed E-state index contributed by atoms with van der Waals surface area (Å²) >= 11 is 1.81. The molecule has 0 bridgehead atoms. The van der Waals surface area contributed by atoms with Crippen LogP contribution in [0.25, 0.3) is 0 Å². The van der Waals surface area contributed by atoms with Gasteiger partial charge in [0.1, 0.15) is 6.54 Å². The third kappa shape index (κ3) is 3.63. The molecule has 0 spiro atoms. The van der Waals surface area contributed by atoms with Crippen LogP contribution in [0.4, 0.5) is 0 Å². The topological polar surface area (TPSA) is 20.6 Å². The number of pyridine rings is 1. The molecule has 0 aliphatic heterocycles. The largest absolute Gasteiger partial charge is 0.260 e. The molecule has 2 heterocycles. The molecular weight excluding hydrogens is 230 g/mol. The van der Waals surface area contributed by atoms with E-state index in [2.05, 4.69) is 47.7 Å². The summed E-state index contributed by atoms with van der Waals surface area (Å²) in [7, 11) is 4.31. The predicted octanol–water partition coefficient (Wildman–Crippen LogP) is 1.20. The third-order valence-corrected chi connectivity index (χ3v) is 3.66. The van der Waals surface area contributed by atoms with Gasteiger partial charge in [0.25, 0.3) is 0 Å². The van der Waals surface area contributed by atoms with E-state index in [1.54, 1.807) is 0 Å². The van der Waals surface area contributed by atoms with Crippen LogP contribution in [0.2, 0.25) is 0 Å². The number of hydrogen-bond acceptors (Lipinski definition) is 3. The van der Waals surface area contributed by atoms with E-state index in [1.165, 1.54) is 9.89 Å². The van der Waals surface area contributed by atoms with Crippen LogP contribution in [0.1, 0.15) is 10.6 Å². The maximum Gasteiger partial charge on any atom is 0.130 e. The molecule has 90 valence electrons. The van der Waals surface area contributed by atoms with Crippen molar-refractivity contribution in [3.05, 3.63) is 52.5 Å². The second-order valence-electron chi connectivity index (χ2n) is 4.17. The van der Waals surface area contributed by atoms with Crippen molar-refractivity contribution in [2.24, 2.45) is 0 Å².